The van der Waals surface area contributed by atoms with E-state index in [1.54, 1.807) is 0 Å². The summed E-state index contributed by atoms with van der Waals surface area (Å²) in [6, 6.07) is 9.58. The SMILES string of the molecule is CCCCN(C)CC(NCC)c1ccc(C(C)(C)C)cc1. The van der Waals surface area contributed by atoms with E-state index in [0.29, 0.717) is 6.04 Å². The molecule has 1 unspecified atom stereocenters. The highest BCUT2D eigenvalue weighted by atomic mass is 15.1. The molecule has 0 aromatic heterocycles. The molecule has 1 aromatic carbocycles. The number of hydrogen-bond acceptors (Lipinski definition) is 2. The Morgan fingerprint density at radius 1 is 1.10 bits per heavy atom. The van der Waals surface area contributed by atoms with Crippen molar-refractivity contribution in [1.29, 1.82) is 0 Å². The maximum Gasteiger partial charge on any atom is 0.0449 e. The van der Waals surface area contributed by atoms with Crippen molar-refractivity contribution >= 4 is 0 Å². The van der Waals surface area contributed by atoms with E-state index in [1.165, 1.54) is 30.5 Å². The first-order valence-corrected chi connectivity index (χ1v) is 8.40. The minimum absolute atomic E-state index is 0.226. The summed E-state index contributed by atoms with van der Waals surface area (Å²) in [5.41, 5.74) is 3.03. The molecule has 0 heterocycles. The van der Waals surface area contributed by atoms with E-state index < -0.39 is 0 Å². The van der Waals surface area contributed by atoms with Crippen molar-refractivity contribution in [2.75, 3.05) is 26.7 Å². The quantitative estimate of drug-likeness (QED) is 0.765. The zero-order valence-corrected chi connectivity index (χ0v) is 14.9. The largest absolute Gasteiger partial charge is 0.309 e. The fraction of sp³-hybridized carbons (Fsp3) is 0.684. The molecule has 0 fully saturated rings. The van der Waals surface area contributed by atoms with Gasteiger partial charge in [0.15, 0.2) is 0 Å². The highest BCUT2D eigenvalue weighted by Crippen LogP contribution is 2.24. The fourth-order valence-electron chi connectivity index (χ4n) is 2.58. The van der Waals surface area contributed by atoms with E-state index in [9.17, 15) is 0 Å². The second-order valence-corrected chi connectivity index (χ2v) is 7.10. The third-order valence-corrected chi connectivity index (χ3v) is 4.02. The van der Waals surface area contributed by atoms with Gasteiger partial charge in [-0.05, 0) is 43.1 Å². The van der Waals surface area contributed by atoms with Gasteiger partial charge in [0.25, 0.3) is 0 Å². The van der Waals surface area contributed by atoms with Crippen LogP contribution in [0.15, 0.2) is 24.3 Å². The third kappa shape index (κ3) is 6.19. The molecule has 0 saturated heterocycles. The Morgan fingerprint density at radius 2 is 1.71 bits per heavy atom. The highest BCUT2D eigenvalue weighted by molar-refractivity contribution is 5.29. The Kier molecular flexibility index (Phi) is 7.41. The molecule has 0 aliphatic rings. The molecule has 1 N–H and O–H groups in total. The minimum Gasteiger partial charge on any atom is -0.309 e. The number of nitrogens with zero attached hydrogens (tertiary/aromatic N) is 1. The maximum atomic E-state index is 3.62. The number of rotatable bonds is 8. The van der Waals surface area contributed by atoms with E-state index in [4.69, 9.17) is 0 Å². The topological polar surface area (TPSA) is 15.3 Å². The summed E-state index contributed by atoms with van der Waals surface area (Å²) in [7, 11) is 2.23. The molecule has 1 aromatic rings. The lowest BCUT2D eigenvalue weighted by Gasteiger charge is -2.26. The van der Waals surface area contributed by atoms with Crippen LogP contribution >= 0.6 is 0 Å². The maximum absolute atomic E-state index is 3.62. The molecule has 0 bridgehead atoms. The minimum atomic E-state index is 0.226. The van der Waals surface area contributed by atoms with Crippen LogP contribution in [0, 0.1) is 0 Å². The van der Waals surface area contributed by atoms with Gasteiger partial charge in [-0.15, -0.1) is 0 Å². The van der Waals surface area contributed by atoms with Crippen LogP contribution in [0.1, 0.15) is 64.6 Å². The molecule has 0 aliphatic carbocycles. The Bertz CT molecular complexity index is 389. The molecular weight excluding hydrogens is 256 g/mol. The second-order valence-electron chi connectivity index (χ2n) is 7.10. The molecule has 2 nitrogen and oxygen atoms in total. The van der Waals surface area contributed by atoms with Crippen molar-refractivity contribution in [2.24, 2.45) is 0 Å². The zero-order chi connectivity index (χ0) is 15.9. The average Bonchev–Trinajstić information content (AvgIpc) is 2.44. The van der Waals surface area contributed by atoms with Gasteiger partial charge in [0.2, 0.25) is 0 Å². The van der Waals surface area contributed by atoms with Crippen molar-refractivity contribution < 1.29 is 0 Å². The lowest BCUT2D eigenvalue weighted by atomic mass is 9.86. The van der Waals surface area contributed by atoms with E-state index in [1.807, 2.05) is 0 Å². The van der Waals surface area contributed by atoms with Crippen molar-refractivity contribution in [3.8, 4) is 0 Å². The predicted molar refractivity (Wildman–Crippen MR) is 94.0 cm³/mol. The molecular formula is C19H34N2. The van der Waals surface area contributed by atoms with Crippen LogP contribution in [-0.4, -0.2) is 31.6 Å². The number of nitrogens with one attached hydrogen (secondary N) is 1. The first-order valence-electron chi connectivity index (χ1n) is 8.40. The van der Waals surface area contributed by atoms with Crippen LogP contribution in [0.4, 0.5) is 0 Å². The summed E-state index contributed by atoms with van der Waals surface area (Å²) in [4.78, 5) is 2.44. The Labute approximate surface area is 131 Å². The van der Waals surface area contributed by atoms with Gasteiger partial charge in [-0.3, -0.25) is 0 Å². The zero-order valence-electron chi connectivity index (χ0n) is 14.9. The van der Waals surface area contributed by atoms with E-state index >= 15 is 0 Å². The first-order chi connectivity index (χ1) is 9.88. The number of benzene rings is 1. The molecule has 2 heteroatoms. The average molecular weight is 290 g/mol. The van der Waals surface area contributed by atoms with Gasteiger partial charge in [0.05, 0.1) is 0 Å². The number of unbranched alkanes of at least 4 members (excludes halogenated alkanes) is 1. The molecule has 0 spiro atoms. The fourth-order valence-corrected chi connectivity index (χ4v) is 2.58. The van der Waals surface area contributed by atoms with Crippen LogP contribution in [0.25, 0.3) is 0 Å². The normalized spacial score (nSPS) is 13.7. The predicted octanol–water partition coefficient (Wildman–Crippen LogP) is 4.37. The van der Waals surface area contributed by atoms with E-state index in [0.717, 1.165) is 13.1 Å². The molecule has 21 heavy (non-hydrogen) atoms. The summed E-state index contributed by atoms with van der Waals surface area (Å²) in [6.07, 6.45) is 2.54. The molecule has 120 valence electrons. The lowest BCUT2D eigenvalue weighted by Crippen LogP contribution is -2.33. The summed E-state index contributed by atoms with van der Waals surface area (Å²) < 4.78 is 0. The molecule has 1 rings (SSSR count). The molecule has 0 radical (unpaired) electrons. The van der Waals surface area contributed by atoms with Crippen LogP contribution in [0.3, 0.4) is 0 Å². The van der Waals surface area contributed by atoms with Crippen molar-refractivity contribution in [3.63, 3.8) is 0 Å². The summed E-state index contributed by atoms with van der Waals surface area (Å²) >= 11 is 0. The summed E-state index contributed by atoms with van der Waals surface area (Å²) in [5.74, 6) is 0. The Hall–Kier alpha value is -0.860. The van der Waals surface area contributed by atoms with Crippen molar-refractivity contribution in [3.05, 3.63) is 35.4 Å². The van der Waals surface area contributed by atoms with Crippen LogP contribution in [-0.2, 0) is 5.41 Å². The van der Waals surface area contributed by atoms with Gasteiger partial charge in [-0.25, -0.2) is 0 Å². The van der Waals surface area contributed by atoms with Gasteiger partial charge in [0, 0.05) is 12.6 Å². The van der Waals surface area contributed by atoms with Crippen LogP contribution in [0.5, 0.6) is 0 Å². The molecule has 0 saturated carbocycles. The molecule has 0 aliphatic heterocycles. The van der Waals surface area contributed by atoms with Crippen LogP contribution in [0.2, 0.25) is 0 Å². The number of hydrogen-bond donors (Lipinski definition) is 1. The van der Waals surface area contributed by atoms with Crippen molar-refractivity contribution in [2.45, 2.75) is 58.9 Å². The van der Waals surface area contributed by atoms with Crippen LogP contribution < -0.4 is 5.32 Å². The van der Waals surface area contributed by atoms with Gasteiger partial charge in [-0.2, -0.15) is 0 Å². The first kappa shape index (κ1) is 18.2. The molecule has 0 amide bonds. The third-order valence-electron chi connectivity index (χ3n) is 4.02. The lowest BCUT2D eigenvalue weighted by molar-refractivity contribution is 0.288. The standard InChI is InChI=1S/C19H34N2/c1-7-9-14-21(6)15-18(20-8-2)16-10-12-17(13-11-16)19(3,4)5/h10-13,18,20H,7-9,14-15H2,1-6H3. The van der Waals surface area contributed by atoms with Gasteiger partial charge in [-0.1, -0.05) is 65.3 Å². The summed E-state index contributed by atoms with van der Waals surface area (Å²) in [5, 5.41) is 3.62. The smallest absolute Gasteiger partial charge is 0.0449 e. The monoisotopic (exact) mass is 290 g/mol. The van der Waals surface area contributed by atoms with Crippen molar-refractivity contribution in [1.82, 2.24) is 10.2 Å². The van der Waals surface area contributed by atoms with E-state index in [-0.39, 0.29) is 5.41 Å². The van der Waals surface area contributed by atoms with Gasteiger partial charge >= 0.3 is 0 Å². The number of likely N-dealkylation sites (N-methyl/N-ethyl adjacent to an activating group) is 2. The Balaban J connectivity index is 2.76. The summed E-state index contributed by atoms with van der Waals surface area (Å²) in [6.45, 7) is 14.5. The highest BCUT2D eigenvalue weighted by Gasteiger charge is 2.16. The Morgan fingerprint density at radius 3 is 2.19 bits per heavy atom. The second kappa shape index (κ2) is 8.55. The molecule has 1 atom stereocenters. The van der Waals surface area contributed by atoms with Gasteiger partial charge in [0.1, 0.15) is 0 Å². The van der Waals surface area contributed by atoms with E-state index in [2.05, 4.69) is 76.1 Å². The van der Waals surface area contributed by atoms with Gasteiger partial charge < -0.3 is 10.2 Å².